The molecule has 146 valence electrons. The molecule has 2 aromatic heterocycles. The van der Waals surface area contributed by atoms with Crippen LogP contribution in [0.4, 0.5) is 15.8 Å². The van der Waals surface area contributed by atoms with Crippen LogP contribution < -0.4 is 11.2 Å². The molecular formula is C20H15FN4O4. The first-order valence-corrected chi connectivity index (χ1v) is 8.60. The molecule has 0 spiro atoms. The van der Waals surface area contributed by atoms with Crippen molar-refractivity contribution in [3.63, 3.8) is 0 Å². The third-order valence-corrected chi connectivity index (χ3v) is 4.77. The third kappa shape index (κ3) is 2.92. The molecule has 9 heteroatoms. The number of fused-ring (bicyclic) bond motifs is 1. The summed E-state index contributed by atoms with van der Waals surface area (Å²) in [4.78, 5) is 22.6. The Balaban J connectivity index is 2.02. The van der Waals surface area contributed by atoms with Crippen molar-refractivity contribution in [3.8, 4) is 16.8 Å². The molecule has 2 aromatic carbocycles. The summed E-state index contributed by atoms with van der Waals surface area (Å²) >= 11 is 0. The number of anilines is 1. The Morgan fingerprint density at radius 2 is 1.97 bits per heavy atom. The maximum Gasteiger partial charge on any atom is 0.295 e. The molecule has 0 saturated heterocycles. The van der Waals surface area contributed by atoms with Crippen molar-refractivity contribution in [2.45, 2.75) is 13.8 Å². The van der Waals surface area contributed by atoms with Gasteiger partial charge in [0.1, 0.15) is 11.4 Å². The molecule has 0 amide bonds. The molecule has 29 heavy (non-hydrogen) atoms. The summed E-state index contributed by atoms with van der Waals surface area (Å²) in [6.45, 7) is 3.57. The van der Waals surface area contributed by atoms with Crippen LogP contribution in [-0.2, 0) is 0 Å². The van der Waals surface area contributed by atoms with E-state index in [0.717, 1.165) is 17.2 Å². The van der Waals surface area contributed by atoms with E-state index in [4.69, 9.17) is 10.3 Å². The molecule has 0 bridgehead atoms. The van der Waals surface area contributed by atoms with Gasteiger partial charge in [0.2, 0.25) is 0 Å². The molecule has 8 nitrogen and oxygen atoms in total. The Bertz CT molecular complexity index is 1340. The molecule has 2 heterocycles. The molecule has 0 fully saturated rings. The monoisotopic (exact) mass is 394 g/mol. The highest BCUT2D eigenvalue weighted by Gasteiger charge is 2.19. The number of benzene rings is 2. The van der Waals surface area contributed by atoms with Crippen LogP contribution in [0.1, 0.15) is 11.5 Å². The van der Waals surface area contributed by atoms with Crippen molar-refractivity contribution in [1.29, 1.82) is 0 Å². The molecule has 0 aliphatic rings. The summed E-state index contributed by atoms with van der Waals surface area (Å²) in [6.07, 6.45) is 1.41. The van der Waals surface area contributed by atoms with E-state index >= 15 is 0 Å². The van der Waals surface area contributed by atoms with Crippen LogP contribution in [0.3, 0.4) is 0 Å². The number of nitrogens with zero attached hydrogens (tertiary/aromatic N) is 3. The molecule has 0 radical (unpaired) electrons. The molecule has 0 aliphatic carbocycles. The predicted octanol–water partition coefficient (Wildman–Crippen LogP) is 3.89. The van der Waals surface area contributed by atoms with E-state index < -0.39 is 16.4 Å². The normalized spacial score (nSPS) is 11.1. The van der Waals surface area contributed by atoms with Crippen molar-refractivity contribution in [1.82, 2.24) is 9.72 Å². The number of nitro groups is 1. The molecule has 2 N–H and O–H groups in total. The Kier molecular flexibility index (Phi) is 4.15. The van der Waals surface area contributed by atoms with E-state index in [1.807, 2.05) is 0 Å². The smallest absolute Gasteiger partial charge is 0.295 e. The lowest BCUT2D eigenvalue weighted by Gasteiger charge is -2.14. The minimum Gasteiger partial charge on any atom is -0.393 e. The Morgan fingerprint density at radius 3 is 2.62 bits per heavy atom. The van der Waals surface area contributed by atoms with Crippen LogP contribution >= 0.6 is 0 Å². The molecule has 0 unspecified atom stereocenters. The molecule has 0 aliphatic heterocycles. The molecule has 4 aromatic rings. The van der Waals surface area contributed by atoms with E-state index in [9.17, 15) is 19.3 Å². The van der Waals surface area contributed by atoms with E-state index in [1.165, 1.54) is 22.9 Å². The number of aromatic nitrogens is 2. The SMILES string of the molecule is Cc1noc(C)c1-c1ccc2c(=O)ccn(-c3cc(N)c([N+](=O)[O-])cc3F)c2c1. The van der Waals surface area contributed by atoms with E-state index in [-0.39, 0.29) is 16.8 Å². The van der Waals surface area contributed by atoms with Gasteiger partial charge < -0.3 is 14.8 Å². The van der Waals surface area contributed by atoms with Gasteiger partial charge in [-0.25, -0.2) is 4.39 Å². The van der Waals surface area contributed by atoms with Gasteiger partial charge in [-0.3, -0.25) is 14.9 Å². The lowest BCUT2D eigenvalue weighted by molar-refractivity contribution is -0.384. The number of nitro benzene ring substituents is 1. The number of hydrogen-bond acceptors (Lipinski definition) is 6. The molecule has 4 rings (SSSR count). The second-order valence-corrected chi connectivity index (χ2v) is 6.60. The fourth-order valence-corrected chi connectivity index (χ4v) is 3.42. The summed E-state index contributed by atoms with van der Waals surface area (Å²) < 4.78 is 21.4. The van der Waals surface area contributed by atoms with Gasteiger partial charge in [-0.15, -0.1) is 0 Å². The summed E-state index contributed by atoms with van der Waals surface area (Å²) in [5, 5.41) is 15.3. The lowest BCUT2D eigenvalue weighted by Crippen LogP contribution is -2.09. The second kappa shape index (κ2) is 6.55. The maximum absolute atomic E-state index is 14.7. The Morgan fingerprint density at radius 1 is 1.21 bits per heavy atom. The molecule has 0 atom stereocenters. The quantitative estimate of drug-likeness (QED) is 0.320. The number of hydrogen-bond donors (Lipinski definition) is 1. The summed E-state index contributed by atoms with van der Waals surface area (Å²) in [5.41, 5.74) is 7.41. The van der Waals surface area contributed by atoms with Crippen LogP contribution in [0.5, 0.6) is 0 Å². The zero-order chi connectivity index (χ0) is 20.9. The van der Waals surface area contributed by atoms with Crippen LogP contribution in [0.25, 0.3) is 27.7 Å². The Hall–Kier alpha value is -4.01. The number of nitrogens with two attached hydrogens (primary N) is 1. The highest BCUT2D eigenvalue weighted by atomic mass is 19.1. The lowest BCUT2D eigenvalue weighted by atomic mass is 10.0. The minimum absolute atomic E-state index is 0.00554. The average Bonchev–Trinajstić information content (AvgIpc) is 3.01. The summed E-state index contributed by atoms with van der Waals surface area (Å²) in [6, 6.07) is 8.38. The topological polar surface area (TPSA) is 117 Å². The Labute approximate surface area is 163 Å². The highest BCUT2D eigenvalue weighted by molar-refractivity contribution is 5.86. The van der Waals surface area contributed by atoms with Crippen molar-refractivity contribution in [2.24, 2.45) is 0 Å². The maximum atomic E-state index is 14.7. The van der Waals surface area contributed by atoms with Gasteiger partial charge in [0.15, 0.2) is 11.2 Å². The summed E-state index contributed by atoms with van der Waals surface area (Å²) in [5.74, 6) is -0.226. The summed E-state index contributed by atoms with van der Waals surface area (Å²) in [7, 11) is 0. The number of aryl methyl sites for hydroxylation is 2. The van der Waals surface area contributed by atoms with E-state index in [1.54, 1.807) is 32.0 Å². The largest absolute Gasteiger partial charge is 0.393 e. The highest BCUT2D eigenvalue weighted by Crippen LogP contribution is 2.32. The first kappa shape index (κ1) is 18.4. The average molecular weight is 394 g/mol. The van der Waals surface area contributed by atoms with Crippen LogP contribution in [0.15, 0.2) is 51.9 Å². The van der Waals surface area contributed by atoms with Gasteiger partial charge in [0.25, 0.3) is 5.69 Å². The first-order valence-electron chi connectivity index (χ1n) is 8.60. The van der Waals surface area contributed by atoms with Gasteiger partial charge >= 0.3 is 0 Å². The third-order valence-electron chi connectivity index (χ3n) is 4.77. The number of halogens is 1. The fraction of sp³-hybridized carbons (Fsp3) is 0.100. The van der Waals surface area contributed by atoms with Crippen molar-refractivity contribution < 1.29 is 13.8 Å². The van der Waals surface area contributed by atoms with Crippen LogP contribution in [0, 0.1) is 29.8 Å². The minimum atomic E-state index is -0.835. The molecular weight excluding hydrogens is 379 g/mol. The standard InChI is InChI=1S/C20H15FN4O4/c1-10-20(11(2)29-23-10)12-3-4-13-16(7-12)24(6-5-19(13)26)17-9-15(22)18(25(27)28)8-14(17)21/h3-9H,22H2,1-2H3. The number of pyridine rings is 1. The van der Waals surface area contributed by atoms with Gasteiger partial charge in [-0.05, 0) is 37.6 Å². The van der Waals surface area contributed by atoms with E-state index in [0.29, 0.717) is 22.4 Å². The van der Waals surface area contributed by atoms with Crippen molar-refractivity contribution in [3.05, 3.63) is 80.2 Å². The van der Waals surface area contributed by atoms with E-state index in [2.05, 4.69) is 5.16 Å². The first-order chi connectivity index (χ1) is 13.8. The second-order valence-electron chi connectivity index (χ2n) is 6.60. The fourth-order valence-electron chi connectivity index (χ4n) is 3.42. The van der Waals surface area contributed by atoms with Gasteiger partial charge in [0.05, 0.1) is 27.9 Å². The van der Waals surface area contributed by atoms with Crippen molar-refractivity contribution >= 4 is 22.3 Å². The van der Waals surface area contributed by atoms with Crippen molar-refractivity contribution in [2.75, 3.05) is 5.73 Å². The molecule has 0 saturated carbocycles. The van der Waals surface area contributed by atoms with Crippen LogP contribution in [-0.4, -0.2) is 14.6 Å². The van der Waals surface area contributed by atoms with Crippen LogP contribution in [0.2, 0.25) is 0 Å². The van der Waals surface area contributed by atoms with Gasteiger partial charge in [0, 0.05) is 23.2 Å². The zero-order valence-electron chi connectivity index (χ0n) is 15.5. The van der Waals surface area contributed by atoms with Gasteiger partial charge in [-0.2, -0.15) is 0 Å². The van der Waals surface area contributed by atoms with Gasteiger partial charge in [-0.1, -0.05) is 11.2 Å². The predicted molar refractivity (Wildman–Crippen MR) is 106 cm³/mol. The number of nitrogen functional groups attached to an aromatic ring is 1. The zero-order valence-corrected chi connectivity index (χ0v) is 15.5. The number of rotatable bonds is 3.